The Kier molecular flexibility index (Phi) is 4.61. The van der Waals surface area contributed by atoms with Gasteiger partial charge in [-0.1, -0.05) is 12.1 Å². The minimum Gasteiger partial charge on any atom is -0.342 e. The van der Waals surface area contributed by atoms with E-state index in [-0.39, 0.29) is 0 Å². The van der Waals surface area contributed by atoms with Gasteiger partial charge < -0.3 is 4.57 Å². The van der Waals surface area contributed by atoms with E-state index in [4.69, 9.17) is 0 Å². The van der Waals surface area contributed by atoms with Crippen LogP contribution < -0.4 is 0 Å². The van der Waals surface area contributed by atoms with Gasteiger partial charge in [0.1, 0.15) is 0 Å². The van der Waals surface area contributed by atoms with Gasteiger partial charge in [0, 0.05) is 19.4 Å². The highest BCUT2D eigenvalue weighted by Gasteiger charge is 2.10. The summed E-state index contributed by atoms with van der Waals surface area (Å²) in [6.07, 6.45) is 3.48. The van der Waals surface area contributed by atoms with Gasteiger partial charge >= 0.3 is 0 Å². The van der Waals surface area contributed by atoms with Crippen molar-refractivity contribution in [1.29, 1.82) is 0 Å². The lowest BCUT2D eigenvalue weighted by Crippen LogP contribution is -2.09. The van der Waals surface area contributed by atoms with Crippen LogP contribution in [-0.4, -0.2) is 26.0 Å². The lowest BCUT2D eigenvalue weighted by Gasteiger charge is -2.07. The van der Waals surface area contributed by atoms with Crippen molar-refractivity contribution >= 4 is 23.1 Å². The SMILES string of the molecule is C/C(=N/c1ccccn1)c1ccc(/C(C)=N/c2ccccn2)n1C. The second-order valence-corrected chi connectivity index (χ2v) is 5.43. The normalized spacial score (nSPS) is 12.5. The summed E-state index contributed by atoms with van der Waals surface area (Å²) in [4.78, 5) is 17.6. The van der Waals surface area contributed by atoms with Gasteiger partial charge in [-0.25, -0.2) is 20.0 Å². The first-order valence-electron chi connectivity index (χ1n) is 7.74. The van der Waals surface area contributed by atoms with Crippen LogP contribution in [0.1, 0.15) is 25.2 Å². The quantitative estimate of drug-likeness (QED) is 0.680. The van der Waals surface area contributed by atoms with E-state index >= 15 is 0 Å². The predicted octanol–water partition coefficient (Wildman–Crippen LogP) is 4.10. The molecule has 0 aliphatic rings. The van der Waals surface area contributed by atoms with Crippen molar-refractivity contribution in [2.75, 3.05) is 0 Å². The second kappa shape index (κ2) is 7.00. The molecule has 24 heavy (non-hydrogen) atoms. The van der Waals surface area contributed by atoms with Crippen LogP contribution in [0.3, 0.4) is 0 Å². The van der Waals surface area contributed by atoms with E-state index in [0.717, 1.165) is 22.8 Å². The summed E-state index contributed by atoms with van der Waals surface area (Å²) >= 11 is 0. The van der Waals surface area contributed by atoms with Gasteiger partial charge in [-0.05, 0) is 50.2 Å². The lowest BCUT2D eigenvalue weighted by molar-refractivity contribution is 0.899. The molecule has 0 amide bonds. The summed E-state index contributed by atoms with van der Waals surface area (Å²) in [6.45, 7) is 3.97. The largest absolute Gasteiger partial charge is 0.342 e. The minimum atomic E-state index is 0.705. The molecule has 3 heterocycles. The van der Waals surface area contributed by atoms with E-state index in [1.165, 1.54) is 0 Å². The number of nitrogens with zero attached hydrogens (tertiary/aromatic N) is 5. The summed E-state index contributed by atoms with van der Waals surface area (Å²) in [5.41, 5.74) is 3.89. The summed E-state index contributed by atoms with van der Waals surface area (Å²) in [6, 6.07) is 15.5. The van der Waals surface area contributed by atoms with Crippen LogP contribution in [0.15, 0.2) is 70.9 Å². The molecule has 0 radical (unpaired) electrons. The molecular weight excluding hydrogens is 298 g/mol. The molecule has 5 nitrogen and oxygen atoms in total. The molecule has 0 aliphatic heterocycles. The zero-order chi connectivity index (χ0) is 16.9. The Hall–Kier alpha value is -3.08. The lowest BCUT2D eigenvalue weighted by atomic mass is 10.3. The van der Waals surface area contributed by atoms with Crippen LogP contribution in [0, 0.1) is 0 Å². The molecule has 0 unspecified atom stereocenters. The van der Waals surface area contributed by atoms with Crippen molar-refractivity contribution in [3.8, 4) is 0 Å². The first-order chi connectivity index (χ1) is 11.6. The first-order valence-corrected chi connectivity index (χ1v) is 7.74. The van der Waals surface area contributed by atoms with Crippen molar-refractivity contribution in [1.82, 2.24) is 14.5 Å². The molecule has 0 fully saturated rings. The fourth-order valence-electron chi connectivity index (χ4n) is 2.54. The number of pyridine rings is 2. The Balaban J connectivity index is 1.91. The average Bonchev–Trinajstić information content (AvgIpc) is 2.98. The number of aromatic nitrogens is 3. The standard InChI is InChI=1S/C19H19N5/c1-14(22-18-8-4-6-12-20-18)16-10-11-17(24(16)3)15(2)23-19-9-5-7-13-21-19/h4-13H,1-3H3/b22-14-,23-15+. The predicted molar refractivity (Wildman–Crippen MR) is 97.6 cm³/mol. The third kappa shape index (κ3) is 3.46. The molecule has 0 aliphatic carbocycles. The molecule has 5 heteroatoms. The van der Waals surface area contributed by atoms with Crippen molar-refractivity contribution < 1.29 is 0 Å². The van der Waals surface area contributed by atoms with Crippen molar-refractivity contribution in [3.63, 3.8) is 0 Å². The fraction of sp³-hybridized carbons (Fsp3) is 0.158. The van der Waals surface area contributed by atoms with Crippen molar-refractivity contribution in [2.45, 2.75) is 13.8 Å². The van der Waals surface area contributed by atoms with E-state index < -0.39 is 0 Å². The van der Waals surface area contributed by atoms with Gasteiger partial charge in [0.25, 0.3) is 0 Å². The van der Waals surface area contributed by atoms with Crippen molar-refractivity contribution in [3.05, 3.63) is 72.3 Å². The monoisotopic (exact) mass is 317 g/mol. The van der Waals surface area contributed by atoms with Crippen LogP contribution in [0.4, 0.5) is 11.6 Å². The van der Waals surface area contributed by atoms with Gasteiger partial charge in [0.05, 0.1) is 22.8 Å². The maximum absolute atomic E-state index is 4.58. The van der Waals surface area contributed by atoms with E-state index in [9.17, 15) is 0 Å². The van der Waals surface area contributed by atoms with Gasteiger partial charge in [-0.15, -0.1) is 0 Å². The molecule has 0 aromatic carbocycles. The molecule has 0 bridgehead atoms. The zero-order valence-electron chi connectivity index (χ0n) is 14.0. The number of aliphatic imine (C=N–C) groups is 2. The third-order valence-electron chi connectivity index (χ3n) is 3.73. The molecule has 0 spiro atoms. The van der Waals surface area contributed by atoms with Gasteiger partial charge in [-0.2, -0.15) is 0 Å². The van der Waals surface area contributed by atoms with Crippen LogP contribution in [0.25, 0.3) is 0 Å². The minimum absolute atomic E-state index is 0.705. The summed E-state index contributed by atoms with van der Waals surface area (Å²) in [5, 5.41) is 0. The molecule has 3 aromatic heterocycles. The zero-order valence-corrected chi connectivity index (χ0v) is 14.0. The van der Waals surface area contributed by atoms with E-state index in [2.05, 4.69) is 36.7 Å². The van der Waals surface area contributed by atoms with E-state index in [1.807, 2.05) is 57.3 Å². The van der Waals surface area contributed by atoms with Crippen molar-refractivity contribution in [2.24, 2.45) is 17.0 Å². The van der Waals surface area contributed by atoms with E-state index in [1.54, 1.807) is 12.4 Å². The topological polar surface area (TPSA) is 55.4 Å². The molecule has 3 aromatic rings. The molecular formula is C19H19N5. The van der Waals surface area contributed by atoms with Crippen LogP contribution in [0.5, 0.6) is 0 Å². The molecule has 0 saturated carbocycles. The fourth-order valence-corrected chi connectivity index (χ4v) is 2.54. The summed E-state index contributed by atoms with van der Waals surface area (Å²) < 4.78 is 2.09. The van der Waals surface area contributed by atoms with Crippen LogP contribution >= 0.6 is 0 Å². The Morgan fingerprint density at radius 2 is 1.21 bits per heavy atom. The van der Waals surface area contributed by atoms with Crippen LogP contribution in [0.2, 0.25) is 0 Å². The number of hydrogen-bond donors (Lipinski definition) is 0. The number of rotatable bonds is 4. The molecule has 120 valence electrons. The highest BCUT2D eigenvalue weighted by atomic mass is 15.0. The second-order valence-electron chi connectivity index (χ2n) is 5.43. The Morgan fingerprint density at radius 3 is 1.58 bits per heavy atom. The maximum atomic E-state index is 4.58. The Morgan fingerprint density at radius 1 is 0.750 bits per heavy atom. The smallest absolute Gasteiger partial charge is 0.152 e. The van der Waals surface area contributed by atoms with Gasteiger partial charge in [0.15, 0.2) is 11.6 Å². The highest BCUT2D eigenvalue weighted by molar-refractivity contribution is 6.03. The number of hydrogen-bond acceptors (Lipinski definition) is 4. The van der Waals surface area contributed by atoms with E-state index in [0.29, 0.717) is 11.6 Å². The van der Waals surface area contributed by atoms with Gasteiger partial charge in [0.2, 0.25) is 0 Å². The molecule has 0 N–H and O–H groups in total. The third-order valence-corrected chi connectivity index (χ3v) is 3.73. The average molecular weight is 317 g/mol. The highest BCUT2D eigenvalue weighted by Crippen LogP contribution is 2.15. The Bertz CT molecular complexity index is 804. The summed E-state index contributed by atoms with van der Waals surface area (Å²) in [7, 11) is 2.01. The molecule has 0 saturated heterocycles. The summed E-state index contributed by atoms with van der Waals surface area (Å²) in [5.74, 6) is 1.41. The first kappa shape index (κ1) is 15.8. The Labute approximate surface area is 141 Å². The molecule has 3 rings (SSSR count). The maximum Gasteiger partial charge on any atom is 0.152 e. The van der Waals surface area contributed by atoms with Crippen LogP contribution in [-0.2, 0) is 7.05 Å². The molecule has 0 atom stereocenters. The van der Waals surface area contributed by atoms with Gasteiger partial charge in [-0.3, -0.25) is 0 Å².